The van der Waals surface area contributed by atoms with Crippen LogP contribution in [0.15, 0.2) is 33.9 Å². The van der Waals surface area contributed by atoms with Crippen molar-refractivity contribution in [2.45, 2.75) is 39.4 Å². The van der Waals surface area contributed by atoms with Crippen LogP contribution in [0.25, 0.3) is 5.69 Å². The molecule has 8 nitrogen and oxygen atoms in total. The predicted molar refractivity (Wildman–Crippen MR) is 119 cm³/mol. The van der Waals surface area contributed by atoms with E-state index in [-0.39, 0.29) is 5.91 Å². The highest BCUT2D eigenvalue weighted by Crippen LogP contribution is 2.25. The molecule has 0 spiro atoms. The molecular formula is C22H28N6O2S. The van der Waals surface area contributed by atoms with Crippen molar-refractivity contribution in [3.63, 3.8) is 0 Å². The fraction of sp³-hybridized carbons (Fsp3) is 0.455. The largest absolute Gasteiger partial charge is 0.360 e. The fourth-order valence-electron chi connectivity index (χ4n) is 3.76. The van der Waals surface area contributed by atoms with E-state index in [1.807, 2.05) is 29.4 Å². The first kappa shape index (κ1) is 21.6. The highest BCUT2D eigenvalue weighted by atomic mass is 32.2. The average molecular weight is 441 g/mol. The van der Waals surface area contributed by atoms with Crippen LogP contribution in [0.1, 0.15) is 28.4 Å². The van der Waals surface area contributed by atoms with Gasteiger partial charge < -0.3 is 9.42 Å². The number of aromatic nitrogens is 4. The molecule has 0 unspecified atom stereocenters. The summed E-state index contributed by atoms with van der Waals surface area (Å²) >= 11 is 1.45. The van der Waals surface area contributed by atoms with Crippen molar-refractivity contribution in [2.24, 2.45) is 0 Å². The van der Waals surface area contributed by atoms with Crippen molar-refractivity contribution < 1.29 is 9.32 Å². The lowest BCUT2D eigenvalue weighted by Crippen LogP contribution is -2.48. The highest BCUT2D eigenvalue weighted by Gasteiger charge is 2.23. The van der Waals surface area contributed by atoms with E-state index in [0.717, 1.165) is 66.4 Å². The zero-order valence-corrected chi connectivity index (χ0v) is 19.3. The Balaban J connectivity index is 1.34. The fourth-order valence-corrected chi connectivity index (χ4v) is 4.65. The summed E-state index contributed by atoms with van der Waals surface area (Å²) < 4.78 is 7.34. The highest BCUT2D eigenvalue weighted by molar-refractivity contribution is 7.99. The molecule has 1 fully saturated rings. The molecule has 0 saturated carbocycles. The lowest BCUT2D eigenvalue weighted by molar-refractivity contribution is -0.130. The molecule has 3 heterocycles. The summed E-state index contributed by atoms with van der Waals surface area (Å²) in [4.78, 5) is 17.0. The molecule has 1 aliphatic rings. The van der Waals surface area contributed by atoms with Crippen LogP contribution < -0.4 is 0 Å². The number of nitrogens with zero attached hydrogens (tertiary/aromatic N) is 6. The van der Waals surface area contributed by atoms with Crippen molar-refractivity contribution in [1.29, 1.82) is 0 Å². The van der Waals surface area contributed by atoms with Crippen LogP contribution in [0.4, 0.5) is 0 Å². The molecule has 0 radical (unpaired) electrons. The van der Waals surface area contributed by atoms with E-state index in [2.05, 4.69) is 52.3 Å². The maximum absolute atomic E-state index is 12.8. The van der Waals surface area contributed by atoms with Crippen molar-refractivity contribution >= 4 is 17.7 Å². The molecule has 0 aliphatic carbocycles. The van der Waals surface area contributed by atoms with Crippen LogP contribution in [0, 0.1) is 27.7 Å². The molecule has 1 aromatic carbocycles. The molecule has 0 atom stereocenters. The zero-order chi connectivity index (χ0) is 22.0. The molecule has 2 aromatic heterocycles. The number of benzene rings is 1. The molecular weight excluding hydrogens is 412 g/mol. The summed E-state index contributed by atoms with van der Waals surface area (Å²) in [5.74, 6) is 2.17. The van der Waals surface area contributed by atoms with Crippen LogP contribution >= 0.6 is 11.8 Å². The molecule has 164 valence electrons. The summed E-state index contributed by atoms with van der Waals surface area (Å²) in [5, 5.41) is 13.3. The molecule has 0 N–H and O–H groups in total. The number of carbonyl (C=O) groups is 1. The van der Waals surface area contributed by atoms with Crippen molar-refractivity contribution in [3.8, 4) is 5.69 Å². The van der Waals surface area contributed by atoms with E-state index >= 15 is 0 Å². The van der Waals surface area contributed by atoms with Crippen LogP contribution in [-0.2, 0) is 11.3 Å². The molecule has 9 heteroatoms. The van der Waals surface area contributed by atoms with Crippen LogP contribution in [0.3, 0.4) is 0 Å². The number of rotatable bonds is 6. The molecule has 3 aromatic rings. The monoisotopic (exact) mass is 440 g/mol. The summed E-state index contributed by atoms with van der Waals surface area (Å²) in [6, 6.07) is 8.29. The third kappa shape index (κ3) is 4.99. The summed E-state index contributed by atoms with van der Waals surface area (Å²) in [5.41, 5.74) is 4.29. The number of aryl methyl sites for hydroxylation is 4. The Bertz CT molecular complexity index is 1070. The SMILES string of the molecule is Cc1ccc(C)c(-n2c(C)nnc2SCC(=O)N2CCN(Cc3cc(C)no3)CC2)c1. The van der Waals surface area contributed by atoms with Gasteiger partial charge in [0.05, 0.1) is 23.7 Å². The van der Waals surface area contributed by atoms with Gasteiger partial charge in [-0.2, -0.15) is 0 Å². The number of amides is 1. The third-order valence-corrected chi connectivity index (χ3v) is 6.42. The van der Waals surface area contributed by atoms with E-state index in [0.29, 0.717) is 5.75 Å². The molecule has 0 bridgehead atoms. The van der Waals surface area contributed by atoms with E-state index < -0.39 is 0 Å². The second-order valence-electron chi connectivity index (χ2n) is 8.04. The Hall–Kier alpha value is -2.65. The molecule has 31 heavy (non-hydrogen) atoms. The first-order valence-electron chi connectivity index (χ1n) is 10.5. The second-order valence-corrected chi connectivity index (χ2v) is 8.98. The van der Waals surface area contributed by atoms with Crippen LogP contribution in [-0.4, -0.2) is 67.6 Å². The predicted octanol–water partition coefficient (Wildman–Crippen LogP) is 2.93. The van der Waals surface area contributed by atoms with Gasteiger partial charge in [-0.05, 0) is 44.9 Å². The summed E-state index contributed by atoms with van der Waals surface area (Å²) in [7, 11) is 0. The Morgan fingerprint density at radius 1 is 1.06 bits per heavy atom. The lowest BCUT2D eigenvalue weighted by atomic mass is 10.1. The Morgan fingerprint density at radius 3 is 2.55 bits per heavy atom. The van der Waals surface area contributed by atoms with Gasteiger partial charge in [-0.15, -0.1) is 10.2 Å². The standard InChI is InChI=1S/C22H28N6O2S/c1-15-5-6-16(2)20(11-15)28-18(4)23-24-22(28)31-14-21(29)27-9-7-26(8-10-27)13-19-12-17(3)25-30-19/h5-6,11-12H,7-10,13-14H2,1-4H3. The zero-order valence-electron chi connectivity index (χ0n) is 18.5. The summed E-state index contributed by atoms with van der Waals surface area (Å²) in [6.07, 6.45) is 0. The van der Waals surface area contributed by atoms with Gasteiger partial charge in [0.2, 0.25) is 5.91 Å². The number of hydrogen-bond acceptors (Lipinski definition) is 7. The van der Waals surface area contributed by atoms with Gasteiger partial charge in [-0.1, -0.05) is 29.1 Å². The molecule has 1 saturated heterocycles. The first-order valence-corrected chi connectivity index (χ1v) is 11.4. The van der Waals surface area contributed by atoms with Gasteiger partial charge in [-0.25, -0.2) is 0 Å². The number of thioether (sulfide) groups is 1. The summed E-state index contributed by atoms with van der Waals surface area (Å²) in [6.45, 7) is 11.8. The number of piperazine rings is 1. The first-order chi connectivity index (χ1) is 14.9. The van der Waals surface area contributed by atoms with Crippen LogP contribution in [0.5, 0.6) is 0 Å². The Morgan fingerprint density at radius 2 is 1.84 bits per heavy atom. The normalized spacial score (nSPS) is 14.9. The van der Waals surface area contributed by atoms with Gasteiger partial charge in [0, 0.05) is 32.2 Å². The smallest absolute Gasteiger partial charge is 0.233 e. The minimum atomic E-state index is 0.133. The number of hydrogen-bond donors (Lipinski definition) is 0. The molecule has 1 aliphatic heterocycles. The number of carbonyl (C=O) groups excluding carboxylic acids is 1. The van der Waals surface area contributed by atoms with Crippen LogP contribution in [0.2, 0.25) is 0 Å². The minimum Gasteiger partial charge on any atom is -0.360 e. The quantitative estimate of drug-likeness (QED) is 0.545. The van der Waals surface area contributed by atoms with Gasteiger partial charge in [-0.3, -0.25) is 14.3 Å². The van der Waals surface area contributed by atoms with E-state index in [4.69, 9.17) is 4.52 Å². The maximum Gasteiger partial charge on any atom is 0.233 e. The topological polar surface area (TPSA) is 80.3 Å². The second kappa shape index (κ2) is 9.23. The van der Waals surface area contributed by atoms with Crippen molar-refractivity contribution in [1.82, 2.24) is 29.7 Å². The maximum atomic E-state index is 12.8. The molecule has 4 rings (SSSR count). The van der Waals surface area contributed by atoms with Crippen molar-refractivity contribution in [2.75, 3.05) is 31.9 Å². The molecule has 1 amide bonds. The van der Waals surface area contributed by atoms with E-state index in [1.165, 1.54) is 17.3 Å². The Kier molecular flexibility index (Phi) is 6.43. The van der Waals surface area contributed by atoms with Gasteiger partial charge in [0.15, 0.2) is 10.9 Å². The van der Waals surface area contributed by atoms with Gasteiger partial charge in [0.1, 0.15) is 5.82 Å². The lowest BCUT2D eigenvalue weighted by Gasteiger charge is -2.34. The Labute approximate surface area is 186 Å². The average Bonchev–Trinajstić information content (AvgIpc) is 3.33. The minimum absolute atomic E-state index is 0.133. The van der Waals surface area contributed by atoms with Gasteiger partial charge >= 0.3 is 0 Å². The van der Waals surface area contributed by atoms with E-state index in [9.17, 15) is 4.79 Å². The van der Waals surface area contributed by atoms with Crippen molar-refractivity contribution in [3.05, 3.63) is 52.7 Å². The third-order valence-electron chi connectivity index (χ3n) is 5.51. The van der Waals surface area contributed by atoms with Gasteiger partial charge in [0.25, 0.3) is 0 Å². The van der Waals surface area contributed by atoms with E-state index in [1.54, 1.807) is 0 Å².